The molecule has 2 rings (SSSR count). The summed E-state index contributed by atoms with van der Waals surface area (Å²) >= 11 is 3.26. The van der Waals surface area contributed by atoms with Gasteiger partial charge in [0.05, 0.1) is 0 Å². The van der Waals surface area contributed by atoms with Gasteiger partial charge in [0, 0.05) is 22.6 Å². The van der Waals surface area contributed by atoms with Crippen LogP contribution in [0.3, 0.4) is 0 Å². The number of hydrogen-bond donors (Lipinski definition) is 2. The number of halogens is 1. The summed E-state index contributed by atoms with van der Waals surface area (Å²) in [5.41, 5.74) is 5.60. The molecule has 1 aromatic heterocycles. The van der Waals surface area contributed by atoms with E-state index in [0.29, 0.717) is 5.69 Å². The Balaban J connectivity index is 0.000000202. The van der Waals surface area contributed by atoms with E-state index in [-0.39, 0.29) is 0 Å². The highest BCUT2D eigenvalue weighted by molar-refractivity contribution is 9.10. The number of nitrogens with zero attached hydrogens (tertiary/aromatic N) is 2. The van der Waals surface area contributed by atoms with E-state index in [0.717, 1.165) is 4.47 Å². The SMILES string of the molecule is NC(=O)Nc1cccc(Br)c1.c1cncnc1. The monoisotopic (exact) mass is 294 g/mol. The molecule has 1 heterocycles. The van der Waals surface area contributed by atoms with Gasteiger partial charge in [0.2, 0.25) is 0 Å². The zero-order valence-electron chi connectivity index (χ0n) is 8.88. The van der Waals surface area contributed by atoms with Crippen molar-refractivity contribution in [3.63, 3.8) is 0 Å². The van der Waals surface area contributed by atoms with Crippen LogP contribution in [0.15, 0.2) is 53.5 Å². The van der Waals surface area contributed by atoms with E-state index >= 15 is 0 Å². The average molecular weight is 295 g/mol. The number of nitrogens with one attached hydrogen (secondary N) is 1. The number of urea groups is 1. The Morgan fingerprint density at radius 3 is 2.35 bits per heavy atom. The summed E-state index contributed by atoms with van der Waals surface area (Å²) in [4.78, 5) is 17.7. The van der Waals surface area contributed by atoms with Crippen LogP contribution in [0.4, 0.5) is 10.5 Å². The van der Waals surface area contributed by atoms with Crippen molar-refractivity contribution in [1.82, 2.24) is 9.97 Å². The Hall–Kier alpha value is -1.95. The Bertz CT molecular complexity index is 437. The van der Waals surface area contributed by atoms with Crippen molar-refractivity contribution in [2.24, 2.45) is 5.73 Å². The van der Waals surface area contributed by atoms with Gasteiger partial charge in [-0.1, -0.05) is 22.0 Å². The lowest BCUT2D eigenvalue weighted by Crippen LogP contribution is -2.19. The molecule has 2 amide bonds. The maximum absolute atomic E-state index is 10.4. The van der Waals surface area contributed by atoms with Crippen molar-refractivity contribution in [1.29, 1.82) is 0 Å². The molecule has 17 heavy (non-hydrogen) atoms. The minimum atomic E-state index is -0.553. The molecule has 0 aliphatic heterocycles. The molecule has 0 radical (unpaired) electrons. The van der Waals surface area contributed by atoms with Gasteiger partial charge >= 0.3 is 6.03 Å². The van der Waals surface area contributed by atoms with Crippen LogP contribution in [0, 0.1) is 0 Å². The number of rotatable bonds is 1. The van der Waals surface area contributed by atoms with Crippen LogP contribution in [0.2, 0.25) is 0 Å². The van der Waals surface area contributed by atoms with Crippen LogP contribution in [0.25, 0.3) is 0 Å². The molecular weight excluding hydrogens is 284 g/mol. The lowest BCUT2D eigenvalue weighted by atomic mass is 10.3. The van der Waals surface area contributed by atoms with Gasteiger partial charge in [0.15, 0.2) is 0 Å². The lowest BCUT2D eigenvalue weighted by Gasteiger charge is -2.00. The van der Waals surface area contributed by atoms with Crippen LogP contribution in [-0.2, 0) is 0 Å². The fourth-order valence-corrected chi connectivity index (χ4v) is 1.36. The minimum absolute atomic E-state index is 0.553. The third-order valence-corrected chi connectivity index (χ3v) is 2.06. The molecule has 0 saturated heterocycles. The number of carbonyl (C=O) groups excluding carboxylic acids is 1. The average Bonchev–Trinajstić information content (AvgIpc) is 2.31. The fraction of sp³-hybridized carbons (Fsp3) is 0. The molecule has 0 fully saturated rings. The summed E-state index contributed by atoms with van der Waals surface area (Å²) in [6, 6.07) is 8.44. The second-order valence-electron chi connectivity index (χ2n) is 2.90. The molecule has 88 valence electrons. The standard InChI is InChI=1S/C7H7BrN2O.C4H4N2/c8-5-2-1-3-6(4-5)10-7(9)11;1-2-5-4-6-3-1/h1-4H,(H3,9,10,11);1-4H. The highest BCUT2D eigenvalue weighted by Gasteiger charge is 1.94. The van der Waals surface area contributed by atoms with Gasteiger partial charge in [-0.05, 0) is 24.3 Å². The van der Waals surface area contributed by atoms with E-state index < -0.39 is 6.03 Å². The summed E-state index contributed by atoms with van der Waals surface area (Å²) in [5, 5.41) is 2.45. The predicted octanol–water partition coefficient (Wildman–Crippen LogP) is 2.42. The van der Waals surface area contributed by atoms with Crippen LogP contribution < -0.4 is 11.1 Å². The molecule has 0 spiro atoms. The van der Waals surface area contributed by atoms with Gasteiger partial charge in [0.1, 0.15) is 6.33 Å². The number of carbonyl (C=O) groups is 1. The quantitative estimate of drug-likeness (QED) is 0.847. The second kappa shape index (κ2) is 7.34. The Morgan fingerprint density at radius 2 is 1.94 bits per heavy atom. The molecule has 0 saturated carbocycles. The fourth-order valence-electron chi connectivity index (χ4n) is 0.962. The number of benzene rings is 1. The lowest BCUT2D eigenvalue weighted by molar-refractivity contribution is 0.259. The molecule has 0 bridgehead atoms. The maximum Gasteiger partial charge on any atom is 0.316 e. The Morgan fingerprint density at radius 1 is 1.24 bits per heavy atom. The summed E-state index contributed by atoms with van der Waals surface area (Å²) in [5.74, 6) is 0. The Kier molecular flexibility index (Phi) is 5.67. The normalized spacial score (nSPS) is 8.76. The number of anilines is 1. The second-order valence-corrected chi connectivity index (χ2v) is 3.82. The van der Waals surface area contributed by atoms with Crippen molar-refractivity contribution >= 4 is 27.6 Å². The van der Waals surface area contributed by atoms with Gasteiger partial charge < -0.3 is 11.1 Å². The van der Waals surface area contributed by atoms with E-state index in [1.54, 1.807) is 30.6 Å². The predicted molar refractivity (Wildman–Crippen MR) is 69.4 cm³/mol. The first kappa shape index (κ1) is 13.1. The minimum Gasteiger partial charge on any atom is -0.351 e. The number of primary amides is 1. The summed E-state index contributed by atoms with van der Waals surface area (Å²) in [7, 11) is 0. The van der Waals surface area contributed by atoms with E-state index in [9.17, 15) is 4.79 Å². The van der Waals surface area contributed by atoms with Crippen LogP contribution >= 0.6 is 15.9 Å². The van der Waals surface area contributed by atoms with Crippen LogP contribution in [0.5, 0.6) is 0 Å². The van der Waals surface area contributed by atoms with Crippen molar-refractivity contribution in [3.05, 3.63) is 53.5 Å². The molecule has 5 nitrogen and oxygen atoms in total. The number of hydrogen-bond acceptors (Lipinski definition) is 3. The highest BCUT2D eigenvalue weighted by Crippen LogP contribution is 2.14. The van der Waals surface area contributed by atoms with Gasteiger partial charge in [-0.2, -0.15) is 0 Å². The number of amides is 2. The summed E-state index contributed by atoms with van der Waals surface area (Å²) in [6.45, 7) is 0. The zero-order chi connectivity index (χ0) is 12.5. The van der Waals surface area contributed by atoms with E-state index in [1.165, 1.54) is 6.33 Å². The third-order valence-electron chi connectivity index (χ3n) is 1.57. The summed E-state index contributed by atoms with van der Waals surface area (Å²) < 4.78 is 0.906. The zero-order valence-corrected chi connectivity index (χ0v) is 10.5. The first-order valence-corrected chi connectivity index (χ1v) is 5.50. The topological polar surface area (TPSA) is 80.9 Å². The number of nitrogens with two attached hydrogens (primary N) is 1. The molecule has 6 heteroatoms. The third kappa shape index (κ3) is 6.26. The highest BCUT2D eigenvalue weighted by atomic mass is 79.9. The maximum atomic E-state index is 10.4. The van der Waals surface area contributed by atoms with Gasteiger partial charge in [-0.15, -0.1) is 0 Å². The molecule has 0 aliphatic carbocycles. The summed E-state index contributed by atoms with van der Waals surface area (Å²) in [6.07, 6.45) is 4.88. The molecule has 2 aromatic rings. The molecule has 0 aliphatic rings. The molecule has 3 N–H and O–H groups in total. The van der Waals surface area contributed by atoms with E-state index in [1.807, 2.05) is 12.1 Å². The van der Waals surface area contributed by atoms with Crippen LogP contribution in [-0.4, -0.2) is 16.0 Å². The largest absolute Gasteiger partial charge is 0.351 e. The van der Waals surface area contributed by atoms with Gasteiger partial charge in [-0.3, -0.25) is 0 Å². The van der Waals surface area contributed by atoms with Gasteiger partial charge in [0.25, 0.3) is 0 Å². The molecule has 0 unspecified atom stereocenters. The van der Waals surface area contributed by atoms with Gasteiger partial charge in [-0.25, -0.2) is 14.8 Å². The smallest absolute Gasteiger partial charge is 0.316 e. The van der Waals surface area contributed by atoms with E-state index in [4.69, 9.17) is 5.73 Å². The van der Waals surface area contributed by atoms with Crippen molar-refractivity contribution in [3.8, 4) is 0 Å². The first-order valence-electron chi connectivity index (χ1n) is 4.70. The van der Waals surface area contributed by atoms with Crippen LogP contribution in [0.1, 0.15) is 0 Å². The van der Waals surface area contributed by atoms with Crippen molar-refractivity contribution in [2.45, 2.75) is 0 Å². The molecule has 1 aromatic carbocycles. The molecule has 0 atom stereocenters. The van der Waals surface area contributed by atoms with Crippen molar-refractivity contribution in [2.75, 3.05) is 5.32 Å². The van der Waals surface area contributed by atoms with Crippen molar-refractivity contribution < 1.29 is 4.79 Å². The number of aromatic nitrogens is 2. The first-order chi connectivity index (χ1) is 8.18. The van der Waals surface area contributed by atoms with E-state index in [2.05, 4.69) is 31.2 Å². The molecular formula is C11H11BrN4O. The Labute approximate surface area is 107 Å².